The number of aromatic nitrogens is 1. The Morgan fingerprint density at radius 1 is 1.00 bits per heavy atom. The highest BCUT2D eigenvalue weighted by Crippen LogP contribution is 2.34. The molecule has 2 aliphatic heterocycles. The van der Waals surface area contributed by atoms with E-state index in [1.54, 1.807) is 6.26 Å². The van der Waals surface area contributed by atoms with Crippen LogP contribution in [0.1, 0.15) is 81.6 Å². The molecule has 1 atom stereocenters. The maximum Gasteiger partial charge on any atom is 0.271 e. The van der Waals surface area contributed by atoms with Crippen molar-refractivity contribution in [1.82, 2.24) is 19.7 Å². The average Bonchev–Trinajstić information content (AvgIpc) is 3.59. The van der Waals surface area contributed by atoms with E-state index >= 15 is 0 Å². The van der Waals surface area contributed by atoms with Gasteiger partial charge < -0.3 is 24.1 Å². The van der Waals surface area contributed by atoms with Gasteiger partial charge in [-0.15, -0.1) is 0 Å². The molecule has 1 N–H and O–H groups in total. The van der Waals surface area contributed by atoms with Gasteiger partial charge in [0.2, 0.25) is 5.91 Å². The van der Waals surface area contributed by atoms with Crippen LogP contribution in [0.5, 0.6) is 0 Å². The minimum Gasteiger partial charge on any atom is -0.463 e. The van der Waals surface area contributed by atoms with Crippen molar-refractivity contribution in [3.05, 3.63) is 36.2 Å². The number of nitrogens with zero attached hydrogens (tertiary/aromatic N) is 3. The fourth-order valence-corrected chi connectivity index (χ4v) is 6.16. The Balaban J connectivity index is 1.39. The van der Waals surface area contributed by atoms with Crippen LogP contribution in [-0.4, -0.2) is 63.9 Å². The molecule has 35 heavy (non-hydrogen) atoms. The first kappa shape index (κ1) is 24.2. The van der Waals surface area contributed by atoms with Crippen LogP contribution in [0.15, 0.2) is 34.9 Å². The second kappa shape index (κ2) is 10.6. The van der Waals surface area contributed by atoms with Crippen LogP contribution < -0.4 is 5.32 Å². The zero-order chi connectivity index (χ0) is 24.3. The number of carbonyl (C=O) groups excluding carboxylic acids is 2. The fraction of sp³-hybridized carbons (Fsp3) is 0.643. The number of amides is 2. The minimum absolute atomic E-state index is 0.0256. The lowest BCUT2D eigenvalue weighted by atomic mass is 9.92. The molecule has 0 radical (unpaired) electrons. The van der Waals surface area contributed by atoms with Gasteiger partial charge in [-0.2, -0.15) is 0 Å². The molecule has 1 saturated heterocycles. The number of hydrogen-bond acceptors (Lipinski definition) is 4. The molecule has 1 aliphatic carbocycles. The van der Waals surface area contributed by atoms with E-state index in [0.29, 0.717) is 24.5 Å². The summed E-state index contributed by atoms with van der Waals surface area (Å²) in [5.41, 5.74) is 0.534. The Morgan fingerprint density at radius 3 is 2.43 bits per heavy atom. The maximum absolute atomic E-state index is 13.9. The first-order valence-electron chi connectivity index (χ1n) is 13.6. The summed E-state index contributed by atoms with van der Waals surface area (Å²) in [4.78, 5) is 32.1. The SMILES string of the molecule is CC1(C(=O)NC2CCCCCCC2)Cn2c(ccc2-c2ccco2)C(=O)N1CCCN1CCCC1. The summed E-state index contributed by atoms with van der Waals surface area (Å²) in [7, 11) is 0. The van der Waals surface area contributed by atoms with Crippen LogP contribution in [0, 0.1) is 0 Å². The highest BCUT2D eigenvalue weighted by Gasteiger charge is 2.48. The molecule has 2 aromatic rings. The number of furan rings is 1. The van der Waals surface area contributed by atoms with Crippen molar-refractivity contribution in [2.45, 2.75) is 89.3 Å². The van der Waals surface area contributed by atoms with Crippen molar-refractivity contribution in [2.75, 3.05) is 26.2 Å². The molecular weight excluding hydrogens is 440 g/mol. The molecule has 3 aliphatic rings. The van der Waals surface area contributed by atoms with Gasteiger partial charge in [0.15, 0.2) is 0 Å². The first-order chi connectivity index (χ1) is 17.1. The third kappa shape index (κ3) is 5.06. The van der Waals surface area contributed by atoms with E-state index in [9.17, 15) is 9.59 Å². The van der Waals surface area contributed by atoms with Crippen LogP contribution in [0.25, 0.3) is 11.5 Å². The molecule has 5 rings (SSSR count). The molecule has 4 heterocycles. The van der Waals surface area contributed by atoms with Crippen molar-refractivity contribution in [2.24, 2.45) is 0 Å². The summed E-state index contributed by atoms with van der Waals surface area (Å²) in [6.07, 6.45) is 13.2. The summed E-state index contributed by atoms with van der Waals surface area (Å²) >= 11 is 0. The fourth-order valence-electron chi connectivity index (χ4n) is 6.16. The normalized spacial score (nSPS) is 24.3. The molecule has 1 unspecified atom stereocenters. The van der Waals surface area contributed by atoms with E-state index < -0.39 is 5.54 Å². The zero-order valence-corrected chi connectivity index (χ0v) is 21.1. The molecule has 190 valence electrons. The molecule has 2 amide bonds. The van der Waals surface area contributed by atoms with Crippen molar-refractivity contribution in [3.8, 4) is 11.5 Å². The van der Waals surface area contributed by atoms with Crippen LogP contribution in [0.2, 0.25) is 0 Å². The molecule has 0 aromatic carbocycles. The molecular formula is C28H40N4O3. The number of fused-ring (bicyclic) bond motifs is 1. The summed E-state index contributed by atoms with van der Waals surface area (Å²) in [5.74, 6) is 0.627. The Morgan fingerprint density at radius 2 is 1.71 bits per heavy atom. The lowest BCUT2D eigenvalue weighted by Crippen LogP contribution is -2.65. The van der Waals surface area contributed by atoms with Crippen molar-refractivity contribution < 1.29 is 14.0 Å². The Labute approximate surface area is 208 Å². The number of carbonyl (C=O) groups is 2. The highest BCUT2D eigenvalue weighted by molar-refractivity contribution is 6.00. The van der Waals surface area contributed by atoms with Crippen LogP contribution >= 0.6 is 0 Å². The smallest absolute Gasteiger partial charge is 0.271 e. The number of nitrogens with one attached hydrogen (secondary N) is 1. The topological polar surface area (TPSA) is 70.7 Å². The Hall–Kier alpha value is -2.54. The van der Waals surface area contributed by atoms with Crippen molar-refractivity contribution >= 4 is 11.8 Å². The van der Waals surface area contributed by atoms with E-state index in [0.717, 1.165) is 57.4 Å². The van der Waals surface area contributed by atoms with Gasteiger partial charge >= 0.3 is 0 Å². The maximum atomic E-state index is 13.9. The molecule has 7 nitrogen and oxygen atoms in total. The van der Waals surface area contributed by atoms with Gasteiger partial charge in [-0.3, -0.25) is 9.59 Å². The van der Waals surface area contributed by atoms with E-state index in [-0.39, 0.29) is 17.9 Å². The van der Waals surface area contributed by atoms with Gasteiger partial charge in [0.25, 0.3) is 5.91 Å². The lowest BCUT2D eigenvalue weighted by Gasteiger charge is -2.45. The largest absolute Gasteiger partial charge is 0.463 e. The van der Waals surface area contributed by atoms with Gasteiger partial charge in [0.1, 0.15) is 17.0 Å². The Kier molecular flexibility index (Phi) is 7.32. The van der Waals surface area contributed by atoms with Gasteiger partial charge in [-0.05, 0) is 82.9 Å². The second-order valence-corrected chi connectivity index (χ2v) is 10.8. The van der Waals surface area contributed by atoms with Gasteiger partial charge in [0.05, 0.1) is 18.5 Å². The molecule has 0 spiro atoms. The van der Waals surface area contributed by atoms with Crippen LogP contribution in [-0.2, 0) is 11.3 Å². The van der Waals surface area contributed by atoms with E-state index in [4.69, 9.17) is 4.42 Å². The minimum atomic E-state index is -0.947. The molecule has 1 saturated carbocycles. The summed E-state index contributed by atoms with van der Waals surface area (Å²) < 4.78 is 7.63. The molecule has 2 fully saturated rings. The first-order valence-corrected chi connectivity index (χ1v) is 13.6. The number of likely N-dealkylation sites (tertiary alicyclic amines) is 1. The molecule has 0 bridgehead atoms. The van der Waals surface area contributed by atoms with Gasteiger partial charge in [-0.1, -0.05) is 32.1 Å². The highest BCUT2D eigenvalue weighted by atomic mass is 16.3. The zero-order valence-electron chi connectivity index (χ0n) is 21.1. The number of hydrogen-bond donors (Lipinski definition) is 1. The Bertz CT molecular complexity index is 1000. The summed E-state index contributed by atoms with van der Waals surface area (Å²) in [6.45, 7) is 6.23. The second-order valence-electron chi connectivity index (χ2n) is 10.8. The monoisotopic (exact) mass is 480 g/mol. The third-order valence-electron chi connectivity index (χ3n) is 8.26. The van der Waals surface area contributed by atoms with Crippen molar-refractivity contribution in [1.29, 1.82) is 0 Å². The van der Waals surface area contributed by atoms with E-state index in [1.807, 2.05) is 40.7 Å². The van der Waals surface area contributed by atoms with Crippen LogP contribution in [0.3, 0.4) is 0 Å². The molecule has 2 aromatic heterocycles. The lowest BCUT2D eigenvalue weighted by molar-refractivity contribution is -0.133. The third-order valence-corrected chi connectivity index (χ3v) is 8.26. The van der Waals surface area contributed by atoms with Crippen molar-refractivity contribution in [3.63, 3.8) is 0 Å². The predicted octanol–water partition coefficient (Wildman–Crippen LogP) is 4.68. The summed E-state index contributed by atoms with van der Waals surface area (Å²) in [6, 6.07) is 7.76. The quantitative estimate of drug-likeness (QED) is 0.625. The predicted molar refractivity (Wildman–Crippen MR) is 136 cm³/mol. The van der Waals surface area contributed by atoms with E-state index in [1.165, 1.54) is 32.1 Å². The standard InChI is InChI=1S/C28H40N4O3/c1-28(27(34)29-22-11-5-3-2-4-6-12-22)21-31-23(25-13-9-20-35-25)14-15-24(31)26(33)32(28)19-10-18-30-16-7-8-17-30/h9,13-15,20,22H,2-8,10-12,16-19,21H2,1H3,(H,29,34). The molecule has 7 heteroatoms. The van der Waals surface area contributed by atoms with Crippen LogP contribution in [0.4, 0.5) is 0 Å². The van der Waals surface area contributed by atoms with Gasteiger partial charge in [0, 0.05) is 12.6 Å². The summed E-state index contributed by atoms with van der Waals surface area (Å²) in [5, 5.41) is 3.38. The average molecular weight is 481 g/mol. The van der Waals surface area contributed by atoms with Gasteiger partial charge in [-0.25, -0.2) is 0 Å². The van der Waals surface area contributed by atoms with E-state index in [2.05, 4.69) is 10.2 Å². The number of rotatable bonds is 7.